The summed E-state index contributed by atoms with van der Waals surface area (Å²) < 4.78 is 0. The highest BCUT2D eigenvalue weighted by molar-refractivity contribution is 6.07. The van der Waals surface area contributed by atoms with E-state index in [1.54, 1.807) is 18.3 Å². The molecule has 1 aliphatic heterocycles. The first kappa shape index (κ1) is 12.0. The molecule has 0 radical (unpaired) electrons. The molecule has 3 amide bonds. The van der Waals surface area contributed by atoms with E-state index in [9.17, 15) is 14.4 Å². The van der Waals surface area contributed by atoms with Gasteiger partial charge in [-0.2, -0.15) is 0 Å². The lowest BCUT2D eigenvalue weighted by Crippen LogP contribution is -2.30. The van der Waals surface area contributed by atoms with Crippen LogP contribution >= 0.6 is 0 Å². The molecule has 1 fully saturated rings. The molecule has 0 atom stereocenters. The van der Waals surface area contributed by atoms with Gasteiger partial charge in [-0.05, 0) is 12.1 Å². The fraction of sp³-hybridized carbons (Fsp3) is 0.273. The fourth-order valence-corrected chi connectivity index (χ4v) is 1.55. The topological polar surface area (TPSA) is 100 Å². The number of hydrogen-bond donors (Lipinski definition) is 3. The highest BCUT2D eigenvalue weighted by Crippen LogP contribution is 2.07. The summed E-state index contributed by atoms with van der Waals surface area (Å²) in [7, 11) is 0. The Balaban J connectivity index is 1.82. The lowest BCUT2D eigenvalue weighted by Gasteiger charge is -2.06. The van der Waals surface area contributed by atoms with Crippen molar-refractivity contribution in [2.24, 2.45) is 5.92 Å². The number of carbonyl (C=O) groups is 3. The molecule has 0 aromatic carbocycles. The van der Waals surface area contributed by atoms with Crippen LogP contribution in [0.1, 0.15) is 12.1 Å². The summed E-state index contributed by atoms with van der Waals surface area (Å²) in [5, 5.41) is 2.61. The third kappa shape index (κ3) is 2.82. The Labute approximate surface area is 103 Å². The van der Waals surface area contributed by atoms with Gasteiger partial charge in [-0.25, -0.2) is 0 Å². The van der Waals surface area contributed by atoms with Crippen LogP contribution in [-0.2, 0) is 20.9 Å². The van der Waals surface area contributed by atoms with Crippen molar-refractivity contribution < 1.29 is 14.4 Å². The van der Waals surface area contributed by atoms with E-state index in [-0.39, 0.29) is 18.9 Å². The lowest BCUT2D eigenvalue weighted by atomic mass is 10.1. The molecule has 2 rings (SSSR count). The van der Waals surface area contributed by atoms with Crippen LogP contribution in [0, 0.1) is 5.92 Å². The number of nitrogens with one attached hydrogen (secondary N) is 3. The Hall–Kier alpha value is -2.44. The largest absolute Gasteiger partial charge is 0.350 e. The van der Waals surface area contributed by atoms with Gasteiger partial charge < -0.3 is 5.32 Å². The number of pyridine rings is 1. The maximum Gasteiger partial charge on any atom is 0.251 e. The molecule has 7 heteroatoms. The van der Waals surface area contributed by atoms with Crippen molar-refractivity contribution in [1.29, 1.82) is 0 Å². The number of carbonyl (C=O) groups excluding carboxylic acids is 3. The van der Waals surface area contributed by atoms with Crippen LogP contribution in [0.3, 0.4) is 0 Å². The monoisotopic (exact) mass is 248 g/mol. The van der Waals surface area contributed by atoms with Crippen LogP contribution in [-0.4, -0.2) is 22.7 Å². The molecule has 0 bridgehead atoms. The van der Waals surface area contributed by atoms with Gasteiger partial charge in [-0.15, -0.1) is 0 Å². The zero-order valence-corrected chi connectivity index (χ0v) is 9.47. The molecule has 1 aromatic rings. The van der Waals surface area contributed by atoms with Gasteiger partial charge in [0.25, 0.3) is 11.8 Å². The minimum absolute atomic E-state index is 0.162. The van der Waals surface area contributed by atoms with Crippen LogP contribution in [0.5, 0.6) is 0 Å². The van der Waals surface area contributed by atoms with E-state index in [1.165, 1.54) is 0 Å². The van der Waals surface area contributed by atoms with E-state index in [0.29, 0.717) is 5.69 Å². The Bertz CT molecular complexity index is 458. The Morgan fingerprint density at radius 3 is 2.61 bits per heavy atom. The van der Waals surface area contributed by atoms with Crippen molar-refractivity contribution in [2.45, 2.75) is 13.0 Å². The highest BCUT2D eigenvalue weighted by atomic mass is 16.2. The Kier molecular flexibility index (Phi) is 3.52. The maximum absolute atomic E-state index is 11.6. The number of nitrogens with zero attached hydrogens (tertiary/aromatic N) is 1. The molecule has 7 nitrogen and oxygen atoms in total. The van der Waals surface area contributed by atoms with E-state index in [2.05, 4.69) is 21.2 Å². The van der Waals surface area contributed by atoms with Gasteiger partial charge in [0.15, 0.2) is 0 Å². The van der Waals surface area contributed by atoms with Crippen LogP contribution in [0.15, 0.2) is 24.4 Å². The summed E-state index contributed by atoms with van der Waals surface area (Å²) in [5.74, 6) is -2.27. The molecule has 18 heavy (non-hydrogen) atoms. The number of hydrogen-bond acceptors (Lipinski definition) is 4. The third-order valence-corrected chi connectivity index (χ3v) is 2.52. The van der Waals surface area contributed by atoms with Gasteiger partial charge in [0, 0.05) is 12.6 Å². The van der Waals surface area contributed by atoms with Gasteiger partial charge in [-0.3, -0.25) is 30.2 Å². The van der Waals surface area contributed by atoms with E-state index in [0.717, 1.165) is 0 Å². The van der Waals surface area contributed by atoms with Crippen molar-refractivity contribution >= 4 is 17.7 Å². The molecule has 0 saturated carbocycles. The maximum atomic E-state index is 11.6. The van der Waals surface area contributed by atoms with E-state index < -0.39 is 17.7 Å². The van der Waals surface area contributed by atoms with Gasteiger partial charge in [0.1, 0.15) is 5.92 Å². The zero-order valence-electron chi connectivity index (χ0n) is 9.47. The third-order valence-electron chi connectivity index (χ3n) is 2.52. The fourth-order valence-electron chi connectivity index (χ4n) is 1.55. The Morgan fingerprint density at radius 2 is 2.00 bits per heavy atom. The molecule has 94 valence electrons. The first-order valence-electron chi connectivity index (χ1n) is 5.43. The smallest absolute Gasteiger partial charge is 0.251 e. The van der Waals surface area contributed by atoms with Crippen LogP contribution in [0.4, 0.5) is 0 Å². The minimum atomic E-state index is -0.950. The molecular formula is C11H12N4O3. The lowest BCUT2D eigenvalue weighted by molar-refractivity contribution is -0.133. The average molecular weight is 248 g/mol. The number of hydrazine groups is 1. The molecule has 3 N–H and O–H groups in total. The van der Waals surface area contributed by atoms with Crippen LogP contribution in [0.2, 0.25) is 0 Å². The van der Waals surface area contributed by atoms with E-state index in [1.807, 2.05) is 6.07 Å². The summed E-state index contributed by atoms with van der Waals surface area (Å²) in [6.45, 7) is 0.273. The van der Waals surface area contributed by atoms with Crippen LogP contribution < -0.4 is 16.2 Å². The van der Waals surface area contributed by atoms with Gasteiger partial charge >= 0.3 is 0 Å². The average Bonchev–Trinajstić information content (AvgIpc) is 2.69. The molecular weight excluding hydrogens is 236 g/mol. The summed E-state index contributed by atoms with van der Waals surface area (Å²) in [5.41, 5.74) is 5.05. The van der Waals surface area contributed by atoms with Crippen molar-refractivity contribution in [2.75, 3.05) is 0 Å². The van der Waals surface area contributed by atoms with Gasteiger partial charge in [0.2, 0.25) is 5.91 Å². The Morgan fingerprint density at radius 1 is 1.28 bits per heavy atom. The van der Waals surface area contributed by atoms with Crippen molar-refractivity contribution in [1.82, 2.24) is 21.2 Å². The quantitative estimate of drug-likeness (QED) is 0.587. The normalized spacial score (nSPS) is 15.1. The standard InChI is InChI=1S/C11H12N4O3/c16-9(5-8-10(17)14-15-11(8)18)13-6-7-3-1-2-4-12-7/h1-4,8H,5-6H2,(H,13,16)(H,14,17)(H,15,18). The minimum Gasteiger partial charge on any atom is -0.350 e. The number of rotatable bonds is 4. The van der Waals surface area contributed by atoms with Crippen molar-refractivity contribution in [3.63, 3.8) is 0 Å². The number of amides is 3. The summed E-state index contributed by atoms with van der Waals surface area (Å²) >= 11 is 0. The molecule has 1 aromatic heterocycles. The summed E-state index contributed by atoms with van der Waals surface area (Å²) in [6.07, 6.45) is 1.46. The molecule has 1 saturated heterocycles. The first-order valence-corrected chi connectivity index (χ1v) is 5.43. The predicted molar refractivity (Wildman–Crippen MR) is 60.5 cm³/mol. The molecule has 0 unspecified atom stereocenters. The molecule has 0 aliphatic carbocycles. The zero-order chi connectivity index (χ0) is 13.0. The second-order valence-corrected chi connectivity index (χ2v) is 3.83. The van der Waals surface area contributed by atoms with Crippen molar-refractivity contribution in [3.8, 4) is 0 Å². The second-order valence-electron chi connectivity index (χ2n) is 3.83. The van der Waals surface area contributed by atoms with E-state index >= 15 is 0 Å². The SMILES string of the molecule is O=C(CC1C(=O)NNC1=O)NCc1ccccn1. The first-order chi connectivity index (χ1) is 8.66. The molecule has 2 heterocycles. The van der Waals surface area contributed by atoms with Crippen molar-refractivity contribution in [3.05, 3.63) is 30.1 Å². The summed E-state index contributed by atoms with van der Waals surface area (Å²) in [6, 6.07) is 5.36. The number of aromatic nitrogens is 1. The van der Waals surface area contributed by atoms with E-state index in [4.69, 9.17) is 0 Å². The van der Waals surface area contributed by atoms with Gasteiger partial charge in [0.05, 0.1) is 12.2 Å². The summed E-state index contributed by atoms with van der Waals surface area (Å²) in [4.78, 5) is 38.0. The van der Waals surface area contributed by atoms with Crippen LogP contribution in [0.25, 0.3) is 0 Å². The predicted octanol–water partition coefficient (Wildman–Crippen LogP) is -1.13. The second kappa shape index (κ2) is 5.26. The van der Waals surface area contributed by atoms with Gasteiger partial charge in [-0.1, -0.05) is 6.07 Å². The highest BCUT2D eigenvalue weighted by Gasteiger charge is 2.34. The molecule has 0 spiro atoms. The molecule has 1 aliphatic rings.